The van der Waals surface area contributed by atoms with E-state index in [-0.39, 0.29) is 11.0 Å². The van der Waals surface area contributed by atoms with Gasteiger partial charge in [0.25, 0.3) is 0 Å². The second-order valence-electron chi connectivity index (χ2n) is 7.28. The fraction of sp³-hybridized carbons (Fsp3) is 1.00. The number of hydrogen-bond donors (Lipinski definition) is 2. The van der Waals surface area contributed by atoms with E-state index in [0.29, 0.717) is 12.1 Å². The van der Waals surface area contributed by atoms with E-state index in [4.69, 9.17) is 10.5 Å². The van der Waals surface area contributed by atoms with Crippen LogP contribution >= 0.6 is 0 Å². The first kappa shape index (κ1) is 14.3. The van der Waals surface area contributed by atoms with Crippen LogP contribution in [0.15, 0.2) is 0 Å². The first-order valence-corrected chi connectivity index (χ1v) is 7.42. The summed E-state index contributed by atoms with van der Waals surface area (Å²) in [4.78, 5) is 0. The van der Waals surface area contributed by atoms with Crippen LogP contribution in [-0.2, 0) is 4.74 Å². The molecule has 3 N–H and O–H groups in total. The Balaban J connectivity index is 1.82. The number of rotatable bonds is 4. The molecular weight excluding hydrogens is 224 g/mol. The first-order chi connectivity index (χ1) is 8.37. The van der Waals surface area contributed by atoms with Crippen molar-refractivity contribution in [2.24, 2.45) is 17.1 Å². The minimum atomic E-state index is 0.0197. The third-order valence-corrected chi connectivity index (χ3v) is 5.29. The van der Waals surface area contributed by atoms with Gasteiger partial charge in [-0.25, -0.2) is 0 Å². The largest absolute Gasteiger partial charge is 0.381 e. The van der Waals surface area contributed by atoms with Crippen LogP contribution < -0.4 is 11.1 Å². The average molecular weight is 254 g/mol. The summed E-state index contributed by atoms with van der Waals surface area (Å²) in [5, 5.41) is 3.70. The van der Waals surface area contributed by atoms with Gasteiger partial charge in [-0.3, -0.25) is 0 Å². The van der Waals surface area contributed by atoms with Gasteiger partial charge in [0.1, 0.15) is 0 Å². The summed E-state index contributed by atoms with van der Waals surface area (Å²) in [7, 11) is 1.82. The van der Waals surface area contributed by atoms with E-state index in [2.05, 4.69) is 26.1 Å². The second kappa shape index (κ2) is 5.10. The van der Waals surface area contributed by atoms with Gasteiger partial charge >= 0.3 is 0 Å². The highest BCUT2D eigenvalue weighted by molar-refractivity contribution is 5.04. The van der Waals surface area contributed by atoms with Gasteiger partial charge in [0, 0.05) is 30.7 Å². The molecule has 18 heavy (non-hydrogen) atoms. The Bertz CT molecular complexity index is 292. The van der Waals surface area contributed by atoms with Crippen molar-refractivity contribution in [1.82, 2.24) is 5.32 Å². The van der Waals surface area contributed by atoms with Gasteiger partial charge in [-0.05, 0) is 25.2 Å². The zero-order valence-corrected chi connectivity index (χ0v) is 12.5. The fourth-order valence-corrected chi connectivity index (χ4v) is 3.82. The van der Waals surface area contributed by atoms with E-state index in [1.54, 1.807) is 0 Å². The molecule has 0 radical (unpaired) electrons. The van der Waals surface area contributed by atoms with Crippen LogP contribution in [0.25, 0.3) is 0 Å². The van der Waals surface area contributed by atoms with Crippen molar-refractivity contribution in [1.29, 1.82) is 0 Å². The molecule has 0 saturated heterocycles. The molecule has 2 aliphatic carbocycles. The third-order valence-electron chi connectivity index (χ3n) is 5.29. The van der Waals surface area contributed by atoms with Crippen molar-refractivity contribution >= 4 is 0 Å². The molecule has 2 saturated carbocycles. The molecule has 106 valence electrons. The molecule has 0 bridgehead atoms. The lowest BCUT2D eigenvalue weighted by Crippen LogP contribution is -2.64. The fourth-order valence-electron chi connectivity index (χ4n) is 3.82. The lowest BCUT2D eigenvalue weighted by Gasteiger charge is -2.52. The van der Waals surface area contributed by atoms with Crippen LogP contribution in [-0.4, -0.2) is 31.3 Å². The van der Waals surface area contributed by atoms with Gasteiger partial charge in [0.15, 0.2) is 0 Å². The highest BCUT2D eigenvalue weighted by atomic mass is 16.5. The highest BCUT2D eigenvalue weighted by Crippen LogP contribution is 2.42. The molecule has 0 aromatic heterocycles. The number of nitrogens with two attached hydrogens (primary N) is 1. The lowest BCUT2D eigenvalue weighted by molar-refractivity contribution is -0.0987. The van der Waals surface area contributed by atoms with Crippen molar-refractivity contribution < 1.29 is 4.74 Å². The predicted octanol–water partition coefficient (Wildman–Crippen LogP) is 2.30. The van der Waals surface area contributed by atoms with E-state index in [0.717, 1.165) is 18.9 Å². The number of ether oxygens (including phenoxy) is 1. The molecule has 0 amide bonds. The van der Waals surface area contributed by atoms with Gasteiger partial charge in [0.05, 0.1) is 6.10 Å². The standard InChI is InChI=1S/C15H30N2O/c1-11-6-5-7-15(16,9-11)10-17-12-8-13(18-4)14(12,2)3/h11-13,17H,5-10,16H2,1-4H3. The third kappa shape index (κ3) is 2.73. The maximum atomic E-state index is 6.54. The van der Waals surface area contributed by atoms with Gasteiger partial charge in [-0.1, -0.05) is 33.6 Å². The van der Waals surface area contributed by atoms with E-state index in [1.165, 1.54) is 25.7 Å². The Kier molecular flexibility index (Phi) is 4.05. The van der Waals surface area contributed by atoms with Crippen LogP contribution in [0, 0.1) is 11.3 Å². The van der Waals surface area contributed by atoms with Gasteiger partial charge in [0.2, 0.25) is 0 Å². The smallest absolute Gasteiger partial charge is 0.0652 e. The molecule has 0 heterocycles. The van der Waals surface area contributed by atoms with Crippen LogP contribution in [0.1, 0.15) is 52.9 Å². The van der Waals surface area contributed by atoms with Crippen molar-refractivity contribution in [3.63, 3.8) is 0 Å². The zero-order valence-electron chi connectivity index (χ0n) is 12.5. The van der Waals surface area contributed by atoms with E-state index >= 15 is 0 Å². The van der Waals surface area contributed by atoms with Gasteiger partial charge in [-0.2, -0.15) is 0 Å². The quantitative estimate of drug-likeness (QED) is 0.809. The number of hydrogen-bond acceptors (Lipinski definition) is 3. The number of methoxy groups -OCH3 is 1. The lowest BCUT2D eigenvalue weighted by atomic mass is 9.64. The van der Waals surface area contributed by atoms with Crippen molar-refractivity contribution in [2.45, 2.75) is 70.6 Å². The minimum Gasteiger partial charge on any atom is -0.381 e. The Morgan fingerprint density at radius 3 is 2.67 bits per heavy atom. The van der Waals surface area contributed by atoms with Crippen molar-refractivity contribution in [3.8, 4) is 0 Å². The van der Waals surface area contributed by atoms with Crippen molar-refractivity contribution in [3.05, 3.63) is 0 Å². The molecular formula is C15H30N2O. The molecule has 2 fully saturated rings. The normalized spacial score (nSPS) is 43.5. The summed E-state index contributed by atoms with van der Waals surface area (Å²) < 4.78 is 5.49. The van der Waals surface area contributed by atoms with E-state index in [1.807, 2.05) is 7.11 Å². The summed E-state index contributed by atoms with van der Waals surface area (Å²) >= 11 is 0. The monoisotopic (exact) mass is 254 g/mol. The van der Waals surface area contributed by atoms with Crippen LogP contribution in [0.3, 0.4) is 0 Å². The molecule has 3 heteroatoms. The second-order valence-corrected chi connectivity index (χ2v) is 7.28. The molecule has 0 spiro atoms. The van der Waals surface area contributed by atoms with Crippen LogP contribution in [0.4, 0.5) is 0 Å². The zero-order chi connectivity index (χ0) is 13.4. The van der Waals surface area contributed by atoms with Gasteiger partial charge < -0.3 is 15.8 Å². The average Bonchev–Trinajstić information content (AvgIpc) is 2.27. The molecule has 3 nitrogen and oxygen atoms in total. The highest BCUT2D eigenvalue weighted by Gasteiger charge is 2.48. The predicted molar refractivity (Wildman–Crippen MR) is 75.5 cm³/mol. The van der Waals surface area contributed by atoms with Crippen LogP contribution in [0.2, 0.25) is 0 Å². The Labute approximate surface area is 112 Å². The maximum Gasteiger partial charge on any atom is 0.0652 e. The van der Waals surface area contributed by atoms with E-state index in [9.17, 15) is 0 Å². The molecule has 4 unspecified atom stereocenters. The molecule has 2 rings (SSSR count). The summed E-state index contributed by atoms with van der Waals surface area (Å²) in [5.74, 6) is 0.784. The molecule has 2 aliphatic rings. The van der Waals surface area contributed by atoms with Crippen LogP contribution in [0.5, 0.6) is 0 Å². The maximum absolute atomic E-state index is 6.54. The summed E-state index contributed by atoms with van der Waals surface area (Å²) in [6.07, 6.45) is 6.49. The molecule has 4 atom stereocenters. The Morgan fingerprint density at radius 2 is 2.11 bits per heavy atom. The SMILES string of the molecule is COC1CC(NCC2(N)CCCC(C)C2)C1(C)C. The molecule has 0 aromatic carbocycles. The minimum absolute atomic E-state index is 0.0197. The molecule has 0 aliphatic heterocycles. The first-order valence-electron chi connectivity index (χ1n) is 7.42. The van der Waals surface area contributed by atoms with Gasteiger partial charge in [-0.15, -0.1) is 0 Å². The summed E-state index contributed by atoms with van der Waals surface area (Å²) in [6.45, 7) is 7.86. The van der Waals surface area contributed by atoms with E-state index < -0.39 is 0 Å². The van der Waals surface area contributed by atoms with Crippen molar-refractivity contribution in [2.75, 3.05) is 13.7 Å². The summed E-state index contributed by atoms with van der Waals surface area (Å²) in [6, 6.07) is 0.556. The molecule has 0 aromatic rings. The Morgan fingerprint density at radius 1 is 1.39 bits per heavy atom. The number of nitrogens with one attached hydrogen (secondary N) is 1. The topological polar surface area (TPSA) is 47.3 Å². The summed E-state index contributed by atoms with van der Waals surface area (Å²) in [5.41, 5.74) is 6.80. The Hall–Kier alpha value is -0.120.